The van der Waals surface area contributed by atoms with Crippen LogP contribution in [0.2, 0.25) is 0 Å². The summed E-state index contributed by atoms with van der Waals surface area (Å²) in [6.07, 6.45) is 1.35. The fraction of sp³-hybridized carbons (Fsp3) is 0.167. The third-order valence-corrected chi connectivity index (χ3v) is 3.41. The lowest BCUT2D eigenvalue weighted by atomic mass is 10.2. The number of hydrogen-bond donors (Lipinski definition) is 2. The van der Waals surface area contributed by atoms with Gasteiger partial charge in [-0.05, 0) is 22.6 Å². The molecule has 0 bridgehead atoms. The van der Waals surface area contributed by atoms with Gasteiger partial charge in [0, 0.05) is 23.9 Å². The molecule has 0 atom stereocenters. The van der Waals surface area contributed by atoms with Crippen LogP contribution in [0.3, 0.4) is 0 Å². The molecule has 1 aromatic carbocycles. The van der Waals surface area contributed by atoms with E-state index < -0.39 is 0 Å². The maximum atomic E-state index is 11.5. The summed E-state index contributed by atoms with van der Waals surface area (Å²) in [4.78, 5) is 18.1. The van der Waals surface area contributed by atoms with Crippen molar-refractivity contribution in [1.82, 2.24) is 9.97 Å². The fourth-order valence-corrected chi connectivity index (χ4v) is 1.92. The third-order valence-electron chi connectivity index (χ3n) is 2.41. The lowest BCUT2D eigenvalue weighted by molar-refractivity contribution is 0.395. The number of methoxy groups -OCH3 is 2. The van der Waals surface area contributed by atoms with Crippen LogP contribution in [0.5, 0.6) is 11.5 Å². The predicted octanol–water partition coefficient (Wildman–Crippen LogP) is 2.14. The third kappa shape index (κ3) is 3.16. The minimum Gasteiger partial charge on any atom is -0.497 e. The summed E-state index contributed by atoms with van der Waals surface area (Å²) in [5, 5.41) is 3.06. The van der Waals surface area contributed by atoms with Crippen molar-refractivity contribution < 1.29 is 9.47 Å². The fourth-order valence-electron chi connectivity index (χ4n) is 1.49. The van der Waals surface area contributed by atoms with E-state index in [-0.39, 0.29) is 5.56 Å². The van der Waals surface area contributed by atoms with E-state index in [1.807, 2.05) is 22.6 Å². The summed E-state index contributed by atoms with van der Waals surface area (Å²) in [6.45, 7) is 0. The molecule has 0 amide bonds. The van der Waals surface area contributed by atoms with E-state index in [1.165, 1.54) is 6.33 Å². The number of nitrogens with one attached hydrogen (secondary N) is 2. The molecule has 0 aliphatic rings. The molecule has 6 nitrogen and oxygen atoms in total. The number of hydrogen-bond acceptors (Lipinski definition) is 5. The van der Waals surface area contributed by atoms with Gasteiger partial charge in [0.15, 0.2) is 5.82 Å². The summed E-state index contributed by atoms with van der Waals surface area (Å²) >= 11 is 1.94. The summed E-state index contributed by atoms with van der Waals surface area (Å²) in [7, 11) is 3.15. The molecule has 0 saturated carbocycles. The molecular formula is C12H12IN3O3. The van der Waals surface area contributed by atoms with E-state index in [1.54, 1.807) is 32.4 Å². The first-order valence-electron chi connectivity index (χ1n) is 5.37. The van der Waals surface area contributed by atoms with Gasteiger partial charge in [-0.15, -0.1) is 0 Å². The number of anilines is 2. The number of nitrogens with zero attached hydrogens (tertiary/aromatic N) is 1. The lowest BCUT2D eigenvalue weighted by Gasteiger charge is -2.10. The van der Waals surface area contributed by atoms with Crippen LogP contribution in [-0.2, 0) is 0 Å². The van der Waals surface area contributed by atoms with Gasteiger partial charge in [0.25, 0.3) is 5.56 Å². The van der Waals surface area contributed by atoms with Gasteiger partial charge in [-0.2, -0.15) is 0 Å². The predicted molar refractivity (Wildman–Crippen MR) is 80.4 cm³/mol. The first-order chi connectivity index (χ1) is 9.13. The Morgan fingerprint density at radius 3 is 2.42 bits per heavy atom. The van der Waals surface area contributed by atoms with Crippen molar-refractivity contribution in [2.75, 3.05) is 19.5 Å². The Morgan fingerprint density at radius 1 is 1.21 bits per heavy atom. The van der Waals surface area contributed by atoms with Gasteiger partial charge < -0.3 is 19.8 Å². The van der Waals surface area contributed by atoms with Crippen LogP contribution in [0.25, 0.3) is 0 Å². The average Bonchev–Trinajstić information content (AvgIpc) is 2.43. The first-order valence-corrected chi connectivity index (χ1v) is 6.45. The topological polar surface area (TPSA) is 76.2 Å². The van der Waals surface area contributed by atoms with Crippen LogP contribution < -0.4 is 20.3 Å². The van der Waals surface area contributed by atoms with E-state index in [4.69, 9.17) is 9.47 Å². The Hall–Kier alpha value is -1.77. The van der Waals surface area contributed by atoms with E-state index in [0.717, 1.165) is 5.69 Å². The number of rotatable bonds is 4. The summed E-state index contributed by atoms with van der Waals surface area (Å²) in [5.74, 6) is 1.79. The smallest absolute Gasteiger partial charge is 0.266 e. The maximum absolute atomic E-state index is 11.5. The zero-order valence-electron chi connectivity index (χ0n) is 10.4. The van der Waals surface area contributed by atoms with E-state index in [0.29, 0.717) is 20.9 Å². The molecule has 2 N–H and O–H groups in total. The minimum atomic E-state index is -0.187. The van der Waals surface area contributed by atoms with Crippen LogP contribution in [0.15, 0.2) is 29.3 Å². The lowest BCUT2D eigenvalue weighted by Crippen LogP contribution is -2.12. The van der Waals surface area contributed by atoms with Crippen molar-refractivity contribution in [3.8, 4) is 11.5 Å². The molecule has 0 spiro atoms. The monoisotopic (exact) mass is 373 g/mol. The quantitative estimate of drug-likeness (QED) is 0.804. The Kier molecular flexibility index (Phi) is 4.25. The first kappa shape index (κ1) is 13.7. The van der Waals surface area contributed by atoms with Gasteiger partial charge >= 0.3 is 0 Å². The number of ether oxygens (including phenoxy) is 2. The van der Waals surface area contributed by atoms with Gasteiger partial charge in [0.1, 0.15) is 15.1 Å². The van der Waals surface area contributed by atoms with Gasteiger partial charge in [0.2, 0.25) is 0 Å². The van der Waals surface area contributed by atoms with Gasteiger partial charge in [-0.25, -0.2) is 4.98 Å². The highest BCUT2D eigenvalue weighted by Gasteiger charge is 2.07. The normalized spacial score (nSPS) is 10.1. The Morgan fingerprint density at radius 2 is 1.84 bits per heavy atom. The summed E-state index contributed by atoms with van der Waals surface area (Å²) in [6, 6.07) is 5.35. The van der Waals surface area contributed by atoms with Gasteiger partial charge in [0.05, 0.1) is 20.5 Å². The van der Waals surface area contributed by atoms with Crippen LogP contribution in [0.4, 0.5) is 11.5 Å². The van der Waals surface area contributed by atoms with E-state index in [9.17, 15) is 4.79 Å². The summed E-state index contributed by atoms with van der Waals surface area (Å²) in [5.41, 5.74) is 0.542. The largest absolute Gasteiger partial charge is 0.497 e. The molecule has 0 aliphatic carbocycles. The number of halogens is 1. The zero-order chi connectivity index (χ0) is 13.8. The molecule has 0 radical (unpaired) electrons. The maximum Gasteiger partial charge on any atom is 0.266 e. The zero-order valence-corrected chi connectivity index (χ0v) is 12.5. The highest BCUT2D eigenvalue weighted by Crippen LogP contribution is 2.28. The number of benzene rings is 1. The van der Waals surface area contributed by atoms with Crippen molar-refractivity contribution in [2.45, 2.75) is 0 Å². The molecular weight excluding hydrogens is 361 g/mol. The number of H-pyrrole nitrogens is 1. The molecule has 100 valence electrons. The molecule has 7 heteroatoms. The molecule has 2 rings (SSSR count). The van der Waals surface area contributed by atoms with Gasteiger partial charge in [-0.1, -0.05) is 0 Å². The Bertz CT molecular complexity index is 620. The van der Waals surface area contributed by atoms with E-state index >= 15 is 0 Å². The summed E-state index contributed by atoms with van der Waals surface area (Å²) < 4.78 is 10.8. The van der Waals surface area contributed by atoms with Crippen LogP contribution in [0.1, 0.15) is 0 Å². The number of aromatic amines is 1. The second-order valence-electron chi connectivity index (χ2n) is 3.62. The second-order valence-corrected chi connectivity index (χ2v) is 4.70. The Labute approximate surface area is 123 Å². The van der Waals surface area contributed by atoms with E-state index in [2.05, 4.69) is 15.3 Å². The van der Waals surface area contributed by atoms with Crippen molar-refractivity contribution in [1.29, 1.82) is 0 Å². The SMILES string of the molecule is COc1cc(Nc2nc[nH]c(=O)c2I)cc(OC)c1. The van der Waals surface area contributed by atoms with Crippen LogP contribution >= 0.6 is 22.6 Å². The molecule has 0 saturated heterocycles. The molecule has 1 aromatic heterocycles. The Balaban J connectivity index is 2.37. The standard InChI is InChI=1S/C12H12IN3O3/c1-18-8-3-7(4-9(5-8)19-2)16-11-10(13)12(17)15-6-14-11/h3-6H,1-2H3,(H2,14,15,16,17). The molecule has 0 fully saturated rings. The molecule has 0 unspecified atom stereocenters. The molecule has 19 heavy (non-hydrogen) atoms. The van der Waals surface area contributed by atoms with Crippen molar-refractivity contribution >= 4 is 34.1 Å². The van der Waals surface area contributed by atoms with Crippen molar-refractivity contribution in [3.05, 3.63) is 38.5 Å². The van der Waals surface area contributed by atoms with Crippen molar-refractivity contribution in [3.63, 3.8) is 0 Å². The highest BCUT2D eigenvalue weighted by molar-refractivity contribution is 14.1. The molecule has 2 aromatic rings. The minimum absolute atomic E-state index is 0.187. The van der Waals surface area contributed by atoms with Crippen LogP contribution in [0, 0.1) is 3.57 Å². The van der Waals surface area contributed by atoms with Gasteiger partial charge in [-0.3, -0.25) is 4.79 Å². The highest BCUT2D eigenvalue weighted by atomic mass is 127. The van der Waals surface area contributed by atoms with Crippen LogP contribution in [-0.4, -0.2) is 24.2 Å². The second kappa shape index (κ2) is 5.91. The average molecular weight is 373 g/mol. The molecule has 1 heterocycles. The number of aromatic nitrogens is 2. The van der Waals surface area contributed by atoms with Crippen molar-refractivity contribution in [2.24, 2.45) is 0 Å². The molecule has 0 aliphatic heterocycles.